The Balaban J connectivity index is 1.48. The van der Waals surface area contributed by atoms with E-state index in [-0.39, 0.29) is 28.9 Å². The highest BCUT2D eigenvalue weighted by molar-refractivity contribution is 5.91. The van der Waals surface area contributed by atoms with E-state index in [0.29, 0.717) is 0 Å². The fraction of sp³-hybridized carbons (Fsp3) is 0.152. The van der Waals surface area contributed by atoms with Crippen molar-refractivity contribution >= 4 is 23.9 Å². The van der Waals surface area contributed by atoms with Crippen LogP contribution in [-0.2, 0) is 23.7 Å². The first-order chi connectivity index (χ1) is 20.5. The van der Waals surface area contributed by atoms with E-state index in [9.17, 15) is 19.2 Å². The van der Waals surface area contributed by atoms with Crippen molar-refractivity contribution in [3.05, 3.63) is 144 Å². The van der Waals surface area contributed by atoms with Crippen molar-refractivity contribution in [1.82, 2.24) is 0 Å². The Morgan fingerprint density at radius 1 is 0.452 bits per heavy atom. The van der Waals surface area contributed by atoms with Gasteiger partial charge >= 0.3 is 23.9 Å². The minimum absolute atomic E-state index is 0.196. The second kappa shape index (κ2) is 13.4. The Kier molecular flexibility index (Phi) is 9.00. The van der Waals surface area contributed by atoms with Gasteiger partial charge in [0.15, 0.2) is 12.2 Å². The van der Waals surface area contributed by atoms with Crippen LogP contribution < -0.4 is 0 Å². The largest absolute Gasteiger partial charge is 0.452 e. The van der Waals surface area contributed by atoms with Crippen molar-refractivity contribution in [2.75, 3.05) is 6.61 Å². The molecule has 0 aliphatic carbocycles. The van der Waals surface area contributed by atoms with E-state index >= 15 is 0 Å². The van der Waals surface area contributed by atoms with E-state index < -0.39 is 48.5 Å². The van der Waals surface area contributed by atoms with Gasteiger partial charge in [-0.1, -0.05) is 72.8 Å². The monoisotopic (exact) mass is 566 g/mol. The van der Waals surface area contributed by atoms with E-state index in [4.69, 9.17) is 23.7 Å². The summed E-state index contributed by atoms with van der Waals surface area (Å²) < 4.78 is 28.7. The van der Waals surface area contributed by atoms with E-state index in [2.05, 4.69) is 0 Å². The average molecular weight is 567 g/mol. The third-order valence-electron chi connectivity index (χ3n) is 6.39. The molecule has 1 fully saturated rings. The highest BCUT2D eigenvalue weighted by Crippen LogP contribution is 2.28. The van der Waals surface area contributed by atoms with Crippen molar-refractivity contribution in [3.8, 4) is 0 Å². The van der Waals surface area contributed by atoms with Gasteiger partial charge in [-0.15, -0.1) is 0 Å². The molecule has 1 saturated heterocycles. The van der Waals surface area contributed by atoms with Crippen LogP contribution in [0.15, 0.2) is 121 Å². The van der Waals surface area contributed by atoms with Crippen LogP contribution >= 0.6 is 0 Å². The third-order valence-corrected chi connectivity index (χ3v) is 6.39. The molecule has 1 aliphatic rings. The number of esters is 4. The quantitative estimate of drug-likeness (QED) is 0.218. The van der Waals surface area contributed by atoms with Gasteiger partial charge in [0.25, 0.3) is 0 Å². The minimum Gasteiger partial charge on any atom is -0.452 e. The molecule has 0 N–H and O–H groups in total. The summed E-state index contributed by atoms with van der Waals surface area (Å²) in [5.41, 5.74) is 0.885. The second-order valence-electron chi connectivity index (χ2n) is 9.25. The second-order valence-corrected chi connectivity index (χ2v) is 9.25. The Morgan fingerprint density at radius 2 is 0.786 bits per heavy atom. The maximum absolute atomic E-state index is 13.2. The molecular formula is C33H26O9. The predicted octanol–water partition coefficient (Wildman–Crippen LogP) is 4.88. The van der Waals surface area contributed by atoms with Gasteiger partial charge in [-0.25, -0.2) is 19.2 Å². The van der Waals surface area contributed by atoms with Crippen LogP contribution in [0.1, 0.15) is 41.4 Å². The lowest BCUT2D eigenvalue weighted by Gasteiger charge is -2.40. The smallest absolute Gasteiger partial charge is 0.340 e. The number of benzene rings is 4. The molecule has 1 heterocycles. The number of carbonyl (C=O) groups excluding carboxylic acids is 4. The van der Waals surface area contributed by atoms with E-state index in [1.165, 1.54) is 12.1 Å². The van der Waals surface area contributed by atoms with E-state index in [1.54, 1.807) is 109 Å². The van der Waals surface area contributed by atoms with Gasteiger partial charge in [-0.2, -0.15) is 0 Å². The van der Waals surface area contributed by atoms with Crippen LogP contribution in [0.5, 0.6) is 0 Å². The summed E-state index contributed by atoms with van der Waals surface area (Å²) in [5, 5.41) is 0. The summed E-state index contributed by atoms with van der Waals surface area (Å²) in [6.45, 7) is -0.322. The van der Waals surface area contributed by atoms with Gasteiger partial charge in [0.1, 0.15) is 0 Å². The Bertz CT molecular complexity index is 1390. The fourth-order valence-electron chi connectivity index (χ4n) is 4.27. The lowest BCUT2D eigenvalue weighted by Crippen LogP contribution is -2.58. The molecule has 9 nitrogen and oxygen atoms in total. The first-order valence-corrected chi connectivity index (χ1v) is 13.2. The van der Waals surface area contributed by atoms with Crippen LogP contribution in [0.25, 0.3) is 0 Å². The minimum atomic E-state index is -1.50. The molecule has 0 aromatic heterocycles. The van der Waals surface area contributed by atoms with Gasteiger partial charge in [0.05, 0.1) is 28.9 Å². The first kappa shape index (κ1) is 28.3. The van der Waals surface area contributed by atoms with E-state index in [0.717, 1.165) is 0 Å². The van der Waals surface area contributed by atoms with Crippen LogP contribution in [0.4, 0.5) is 0 Å². The van der Waals surface area contributed by atoms with Crippen molar-refractivity contribution < 1.29 is 42.9 Å². The number of rotatable bonds is 8. The number of ether oxygens (including phenoxy) is 5. The number of carbonyl (C=O) groups is 4. The molecule has 42 heavy (non-hydrogen) atoms. The van der Waals surface area contributed by atoms with Crippen LogP contribution in [0.2, 0.25) is 0 Å². The molecule has 0 bridgehead atoms. The molecular weight excluding hydrogens is 540 g/mol. The molecule has 0 spiro atoms. The summed E-state index contributed by atoms with van der Waals surface area (Å²) >= 11 is 0. The summed E-state index contributed by atoms with van der Waals surface area (Å²) in [5.74, 6) is -3.02. The van der Waals surface area contributed by atoms with Crippen molar-refractivity contribution in [1.29, 1.82) is 0 Å². The average Bonchev–Trinajstić information content (AvgIpc) is 3.05. The van der Waals surface area contributed by atoms with Crippen molar-refractivity contribution in [3.63, 3.8) is 0 Å². The van der Waals surface area contributed by atoms with Crippen LogP contribution in [0, 0.1) is 0 Å². The molecule has 212 valence electrons. The molecule has 9 heteroatoms. The topological polar surface area (TPSA) is 114 Å². The van der Waals surface area contributed by atoms with Gasteiger partial charge in [-0.3, -0.25) is 0 Å². The van der Waals surface area contributed by atoms with Gasteiger partial charge in [0.2, 0.25) is 12.4 Å². The lowest BCUT2D eigenvalue weighted by molar-refractivity contribution is -0.250. The summed E-state index contributed by atoms with van der Waals surface area (Å²) in [6, 6.07) is 32.6. The molecule has 0 radical (unpaired) electrons. The number of hydrogen-bond acceptors (Lipinski definition) is 9. The van der Waals surface area contributed by atoms with Crippen molar-refractivity contribution in [2.45, 2.75) is 24.6 Å². The molecule has 1 aliphatic heterocycles. The fourth-order valence-corrected chi connectivity index (χ4v) is 4.27. The van der Waals surface area contributed by atoms with E-state index in [1.807, 2.05) is 0 Å². The van der Waals surface area contributed by atoms with Gasteiger partial charge < -0.3 is 23.7 Å². The first-order valence-electron chi connectivity index (χ1n) is 13.2. The molecule has 0 amide bonds. The summed E-state index contributed by atoms with van der Waals surface area (Å²) in [4.78, 5) is 52.4. The zero-order valence-electron chi connectivity index (χ0n) is 22.2. The SMILES string of the molecule is O=C(O[C@H]1OC[C@H](OC(=O)c2ccccc2)[C@@H](OC(=O)c2ccccc2)[C@H]1OC(=O)c1ccccc1)c1ccccc1. The molecule has 0 saturated carbocycles. The molecule has 0 unspecified atom stereocenters. The molecule has 4 atom stereocenters. The molecule has 4 aromatic rings. The van der Waals surface area contributed by atoms with Crippen LogP contribution in [0.3, 0.4) is 0 Å². The zero-order valence-corrected chi connectivity index (χ0v) is 22.2. The number of hydrogen-bond donors (Lipinski definition) is 0. The Morgan fingerprint density at radius 3 is 1.19 bits per heavy atom. The molecule has 5 rings (SSSR count). The summed E-state index contributed by atoms with van der Waals surface area (Å²) in [6.07, 6.45) is -5.61. The van der Waals surface area contributed by atoms with Crippen molar-refractivity contribution in [2.24, 2.45) is 0 Å². The maximum Gasteiger partial charge on any atom is 0.340 e. The van der Waals surface area contributed by atoms with Crippen LogP contribution in [-0.4, -0.2) is 55.1 Å². The summed E-state index contributed by atoms with van der Waals surface area (Å²) in [7, 11) is 0. The highest BCUT2D eigenvalue weighted by Gasteiger charge is 2.50. The standard InChI is InChI=1S/C33H26O9/c34-29(22-13-5-1-6-14-22)39-26-21-38-33(42-32(37)25-19-11-4-12-20-25)28(41-31(36)24-17-9-3-10-18-24)27(26)40-30(35)23-15-7-2-8-16-23/h1-20,26-28,33H,21H2/t26-,27+,28+,33+/m0/s1. The lowest BCUT2D eigenvalue weighted by atomic mass is 10.0. The zero-order chi connectivity index (χ0) is 29.3. The predicted molar refractivity (Wildman–Crippen MR) is 149 cm³/mol. The van der Waals surface area contributed by atoms with Gasteiger partial charge in [0, 0.05) is 0 Å². The van der Waals surface area contributed by atoms with Gasteiger partial charge in [-0.05, 0) is 48.5 Å². The third kappa shape index (κ3) is 6.89. The highest BCUT2D eigenvalue weighted by atomic mass is 16.7. The molecule has 4 aromatic carbocycles. The Hall–Kier alpha value is -5.28. The maximum atomic E-state index is 13.2. The Labute approximate surface area is 241 Å². The normalized spacial score (nSPS) is 19.6.